The molecule has 1 aromatic rings. The van der Waals surface area contributed by atoms with Crippen molar-refractivity contribution >= 4 is 22.4 Å². The van der Waals surface area contributed by atoms with Gasteiger partial charge in [-0.2, -0.15) is 0 Å². The van der Waals surface area contributed by atoms with Crippen molar-refractivity contribution in [3.63, 3.8) is 0 Å². The zero-order valence-electron chi connectivity index (χ0n) is 12.3. The molecule has 0 spiro atoms. The molecule has 0 radical (unpaired) electrons. The second-order valence-corrected chi connectivity index (χ2v) is 7.47. The average Bonchev–Trinajstić information content (AvgIpc) is 2.80. The average molecular weight is 294 g/mol. The van der Waals surface area contributed by atoms with Crippen LogP contribution >= 0.6 is 11.3 Å². The fourth-order valence-corrected chi connectivity index (χ4v) is 4.31. The van der Waals surface area contributed by atoms with Crippen LogP contribution in [0.25, 0.3) is 0 Å². The Bertz CT molecular complexity index is 525. The van der Waals surface area contributed by atoms with E-state index in [1.807, 2.05) is 7.05 Å². The number of piperazine rings is 1. The van der Waals surface area contributed by atoms with Crippen molar-refractivity contribution in [2.24, 2.45) is 5.41 Å². The topological polar surface area (TPSA) is 57.3 Å². The van der Waals surface area contributed by atoms with Crippen LogP contribution < -0.4 is 15.5 Å². The summed E-state index contributed by atoms with van der Waals surface area (Å²) >= 11 is 1.75. The van der Waals surface area contributed by atoms with Crippen molar-refractivity contribution in [1.82, 2.24) is 15.6 Å². The Kier molecular flexibility index (Phi) is 3.46. The van der Waals surface area contributed by atoms with Gasteiger partial charge < -0.3 is 15.5 Å². The first-order chi connectivity index (χ1) is 9.48. The summed E-state index contributed by atoms with van der Waals surface area (Å²) < 4.78 is 0. The molecule has 0 bridgehead atoms. The molecule has 1 unspecified atom stereocenters. The minimum Gasteiger partial charge on any atom is -0.353 e. The summed E-state index contributed by atoms with van der Waals surface area (Å²) in [6.45, 7) is 6.59. The van der Waals surface area contributed by atoms with Crippen LogP contribution in [-0.2, 0) is 11.2 Å². The van der Waals surface area contributed by atoms with Gasteiger partial charge in [-0.3, -0.25) is 4.79 Å². The molecule has 2 heterocycles. The fraction of sp³-hybridized carbons (Fsp3) is 0.714. The molecule has 2 N–H and O–H groups in total. The molecule has 1 amide bonds. The Morgan fingerprint density at radius 1 is 1.50 bits per heavy atom. The van der Waals surface area contributed by atoms with E-state index in [0.29, 0.717) is 19.1 Å². The maximum Gasteiger partial charge on any atom is 0.239 e. The van der Waals surface area contributed by atoms with Crippen molar-refractivity contribution in [2.75, 3.05) is 31.6 Å². The Labute approximate surface area is 123 Å². The van der Waals surface area contributed by atoms with E-state index in [1.165, 1.54) is 10.6 Å². The van der Waals surface area contributed by atoms with E-state index in [4.69, 9.17) is 4.98 Å². The third-order valence-electron chi connectivity index (χ3n) is 4.09. The molecule has 1 fully saturated rings. The van der Waals surface area contributed by atoms with Gasteiger partial charge in [0.05, 0.1) is 12.2 Å². The lowest BCUT2D eigenvalue weighted by molar-refractivity contribution is -0.120. The summed E-state index contributed by atoms with van der Waals surface area (Å²) in [6, 6.07) is 0.388. The van der Waals surface area contributed by atoms with Gasteiger partial charge in [-0.1, -0.05) is 25.2 Å². The SMILES string of the molecule is CNC1CC(C)(C)Cc2nc(N3CCNC(=O)C3)sc21. The van der Waals surface area contributed by atoms with Crippen molar-refractivity contribution in [3.05, 3.63) is 10.6 Å². The molecule has 2 aliphatic rings. The summed E-state index contributed by atoms with van der Waals surface area (Å²) in [7, 11) is 2.02. The smallest absolute Gasteiger partial charge is 0.239 e. The van der Waals surface area contributed by atoms with E-state index >= 15 is 0 Å². The standard InChI is InChI=1S/C14H22N4OS/c1-14(2)6-9(15-3)12-10(7-14)17-13(20-12)18-5-4-16-11(19)8-18/h9,15H,4-8H2,1-3H3,(H,16,19). The molecule has 20 heavy (non-hydrogen) atoms. The van der Waals surface area contributed by atoms with Crippen LogP contribution in [0.15, 0.2) is 0 Å². The quantitative estimate of drug-likeness (QED) is 0.863. The Hall–Kier alpha value is -1.14. The highest BCUT2D eigenvalue weighted by atomic mass is 32.1. The number of nitrogens with zero attached hydrogens (tertiary/aromatic N) is 2. The number of hydrogen-bond acceptors (Lipinski definition) is 5. The zero-order chi connectivity index (χ0) is 14.3. The molecule has 0 aromatic carbocycles. The lowest BCUT2D eigenvalue weighted by atomic mass is 9.76. The van der Waals surface area contributed by atoms with E-state index in [-0.39, 0.29) is 11.3 Å². The summed E-state index contributed by atoms with van der Waals surface area (Å²) in [5.41, 5.74) is 1.50. The van der Waals surface area contributed by atoms with Gasteiger partial charge in [0.15, 0.2) is 5.13 Å². The molecular formula is C14H22N4OS. The van der Waals surface area contributed by atoms with Gasteiger partial charge in [-0.05, 0) is 25.3 Å². The number of anilines is 1. The van der Waals surface area contributed by atoms with Crippen LogP contribution in [0.5, 0.6) is 0 Å². The number of aromatic nitrogens is 1. The molecule has 1 aliphatic carbocycles. The first-order valence-corrected chi connectivity index (χ1v) is 7.99. The monoisotopic (exact) mass is 294 g/mol. The molecule has 110 valence electrons. The Balaban J connectivity index is 1.89. The normalized spacial score (nSPS) is 25.2. The first-order valence-electron chi connectivity index (χ1n) is 7.17. The second kappa shape index (κ2) is 5.00. The Morgan fingerprint density at radius 3 is 3.00 bits per heavy atom. The van der Waals surface area contributed by atoms with Crippen LogP contribution in [0.3, 0.4) is 0 Å². The summed E-state index contributed by atoms with van der Waals surface area (Å²) in [4.78, 5) is 19.8. The molecule has 1 saturated heterocycles. The number of thiazole rings is 1. The fourth-order valence-electron chi connectivity index (χ4n) is 3.09. The van der Waals surface area contributed by atoms with Gasteiger partial charge in [0.1, 0.15) is 0 Å². The van der Waals surface area contributed by atoms with Crippen molar-refractivity contribution in [3.8, 4) is 0 Å². The van der Waals surface area contributed by atoms with E-state index in [9.17, 15) is 4.79 Å². The maximum atomic E-state index is 11.5. The lowest BCUT2D eigenvalue weighted by Gasteiger charge is -2.34. The van der Waals surface area contributed by atoms with Crippen molar-refractivity contribution in [2.45, 2.75) is 32.7 Å². The van der Waals surface area contributed by atoms with Crippen LogP contribution in [0.4, 0.5) is 5.13 Å². The van der Waals surface area contributed by atoms with Crippen LogP contribution in [0.2, 0.25) is 0 Å². The number of hydrogen-bond donors (Lipinski definition) is 2. The van der Waals surface area contributed by atoms with Gasteiger partial charge in [-0.25, -0.2) is 4.98 Å². The largest absolute Gasteiger partial charge is 0.353 e. The minimum atomic E-state index is 0.0925. The van der Waals surface area contributed by atoms with Crippen LogP contribution in [-0.4, -0.2) is 37.6 Å². The Morgan fingerprint density at radius 2 is 2.30 bits per heavy atom. The maximum absolute atomic E-state index is 11.5. The first kappa shape index (κ1) is 13.8. The number of carbonyl (C=O) groups is 1. The third kappa shape index (κ3) is 2.54. The van der Waals surface area contributed by atoms with Crippen LogP contribution in [0.1, 0.15) is 36.9 Å². The lowest BCUT2D eigenvalue weighted by Crippen LogP contribution is -2.47. The molecule has 1 aliphatic heterocycles. The van der Waals surface area contributed by atoms with Gasteiger partial charge >= 0.3 is 0 Å². The predicted octanol–water partition coefficient (Wildman–Crippen LogP) is 1.31. The zero-order valence-corrected chi connectivity index (χ0v) is 13.1. The highest BCUT2D eigenvalue weighted by Crippen LogP contribution is 2.44. The van der Waals surface area contributed by atoms with Crippen molar-refractivity contribution < 1.29 is 4.79 Å². The predicted molar refractivity (Wildman–Crippen MR) is 81.2 cm³/mol. The molecular weight excluding hydrogens is 272 g/mol. The van der Waals surface area contributed by atoms with Gasteiger partial charge in [-0.15, -0.1) is 0 Å². The van der Waals surface area contributed by atoms with Gasteiger partial charge in [0, 0.05) is 24.0 Å². The summed E-state index contributed by atoms with van der Waals surface area (Å²) in [5.74, 6) is 0.0925. The van der Waals surface area contributed by atoms with Crippen LogP contribution in [0, 0.1) is 5.41 Å². The van der Waals surface area contributed by atoms with Crippen molar-refractivity contribution in [1.29, 1.82) is 0 Å². The molecule has 1 aromatic heterocycles. The number of nitrogens with one attached hydrogen (secondary N) is 2. The van der Waals surface area contributed by atoms with E-state index in [2.05, 4.69) is 29.4 Å². The van der Waals surface area contributed by atoms with E-state index in [0.717, 1.165) is 24.5 Å². The van der Waals surface area contributed by atoms with E-state index < -0.39 is 0 Å². The molecule has 1 atom stereocenters. The van der Waals surface area contributed by atoms with Gasteiger partial charge in [0.25, 0.3) is 0 Å². The molecule has 6 heteroatoms. The summed E-state index contributed by atoms with van der Waals surface area (Å²) in [6.07, 6.45) is 2.16. The highest BCUT2D eigenvalue weighted by Gasteiger charge is 2.35. The number of rotatable bonds is 2. The minimum absolute atomic E-state index is 0.0925. The molecule has 0 saturated carbocycles. The molecule has 5 nitrogen and oxygen atoms in total. The highest BCUT2D eigenvalue weighted by molar-refractivity contribution is 7.15. The number of amides is 1. The summed E-state index contributed by atoms with van der Waals surface area (Å²) in [5, 5.41) is 7.28. The number of carbonyl (C=O) groups excluding carboxylic acids is 1. The second-order valence-electron chi connectivity index (χ2n) is 6.47. The number of fused-ring (bicyclic) bond motifs is 1. The third-order valence-corrected chi connectivity index (χ3v) is 5.36. The van der Waals surface area contributed by atoms with Gasteiger partial charge in [0.2, 0.25) is 5.91 Å². The molecule has 3 rings (SSSR count). The van der Waals surface area contributed by atoms with E-state index in [1.54, 1.807) is 11.3 Å².